The summed E-state index contributed by atoms with van der Waals surface area (Å²) in [6.45, 7) is 3.17. The number of nitrogens with one attached hydrogen (secondary N) is 3. The van der Waals surface area contributed by atoms with Gasteiger partial charge in [0, 0.05) is 12.2 Å². The number of amides is 3. The Morgan fingerprint density at radius 2 is 1.61 bits per heavy atom. The van der Waals surface area contributed by atoms with Crippen molar-refractivity contribution in [3.8, 4) is 5.75 Å². The van der Waals surface area contributed by atoms with Gasteiger partial charge in [-0.25, -0.2) is 4.79 Å². The van der Waals surface area contributed by atoms with Crippen LogP contribution in [0.2, 0.25) is 0 Å². The zero-order valence-electron chi connectivity index (χ0n) is 17.5. The van der Waals surface area contributed by atoms with Crippen LogP contribution in [0, 0.1) is 5.92 Å². The lowest BCUT2D eigenvalue weighted by Gasteiger charge is -2.25. The molecule has 0 saturated carbocycles. The number of aliphatic carboxylic acids is 1. The number of aromatic hydroxyl groups is 1. The minimum atomic E-state index is -1.17. The molecule has 3 amide bonds. The standard InChI is InChI=1S/C20H30N4O6S/c1-3-11(2)17(20(29)30)24-19(28)15(10-31)23-18(27)14(22-16(26)9-21)8-12-4-6-13(25)7-5-12/h4-7,11,14-15,17,25,31H,3,8-10,21H2,1-2H3,(H,22,26)(H,23,27)(H,24,28)(H,29,30). The van der Waals surface area contributed by atoms with E-state index >= 15 is 0 Å². The summed E-state index contributed by atoms with van der Waals surface area (Å²) in [7, 11) is 0. The molecule has 0 aliphatic carbocycles. The molecule has 1 rings (SSSR count). The maximum Gasteiger partial charge on any atom is 0.326 e. The molecular formula is C20H30N4O6S. The number of carbonyl (C=O) groups is 4. The highest BCUT2D eigenvalue weighted by Crippen LogP contribution is 2.12. The summed E-state index contributed by atoms with van der Waals surface area (Å²) < 4.78 is 0. The van der Waals surface area contributed by atoms with Gasteiger partial charge >= 0.3 is 5.97 Å². The first kappa shape index (κ1) is 26.2. The molecule has 0 saturated heterocycles. The summed E-state index contributed by atoms with van der Waals surface area (Å²) in [5, 5.41) is 26.2. The minimum Gasteiger partial charge on any atom is -0.508 e. The number of carbonyl (C=O) groups excluding carboxylic acids is 3. The van der Waals surface area contributed by atoms with Crippen molar-refractivity contribution in [3.05, 3.63) is 29.8 Å². The molecule has 1 aromatic rings. The summed E-state index contributed by atoms with van der Waals surface area (Å²) in [6.07, 6.45) is 0.623. The Kier molecular flexibility index (Phi) is 10.8. The van der Waals surface area contributed by atoms with E-state index in [1.807, 2.05) is 0 Å². The molecule has 0 heterocycles. The van der Waals surface area contributed by atoms with E-state index < -0.39 is 41.8 Å². The van der Waals surface area contributed by atoms with Crippen LogP contribution in [-0.4, -0.2) is 64.3 Å². The number of benzene rings is 1. The third-order valence-electron chi connectivity index (χ3n) is 4.81. The van der Waals surface area contributed by atoms with Crippen LogP contribution in [0.3, 0.4) is 0 Å². The molecule has 0 radical (unpaired) electrons. The first-order chi connectivity index (χ1) is 14.6. The molecule has 11 heteroatoms. The van der Waals surface area contributed by atoms with Crippen molar-refractivity contribution in [2.75, 3.05) is 12.3 Å². The Bertz CT molecular complexity index is 773. The van der Waals surface area contributed by atoms with Crippen molar-refractivity contribution >= 4 is 36.3 Å². The Labute approximate surface area is 186 Å². The third-order valence-corrected chi connectivity index (χ3v) is 5.17. The van der Waals surface area contributed by atoms with Gasteiger partial charge in [-0.2, -0.15) is 12.6 Å². The zero-order chi connectivity index (χ0) is 23.6. The molecule has 0 aliphatic heterocycles. The van der Waals surface area contributed by atoms with Gasteiger partial charge in [0.25, 0.3) is 0 Å². The van der Waals surface area contributed by atoms with Gasteiger partial charge in [-0.3, -0.25) is 14.4 Å². The molecule has 0 bridgehead atoms. The molecule has 7 N–H and O–H groups in total. The number of carboxylic acids is 1. The maximum absolute atomic E-state index is 12.8. The Morgan fingerprint density at radius 3 is 2.10 bits per heavy atom. The number of rotatable bonds is 12. The fourth-order valence-electron chi connectivity index (χ4n) is 2.73. The van der Waals surface area contributed by atoms with Gasteiger partial charge in [0.05, 0.1) is 6.54 Å². The predicted molar refractivity (Wildman–Crippen MR) is 118 cm³/mol. The van der Waals surface area contributed by atoms with Crippen LogP contribution in [0.25, 0.3) is 0 Å². The van der Waals surface area contributed by atoms with Crippen LogP contribution in [0.4, 0.5) is 0 Å². The number of phenolic OH excluding ortho intramolecular Hbond substituents is 1. The van der Waals surface area contributed by atoms with Crippen LogP contribution in [0.15, 0.2) is 24.3 Å². The lowest BCUT2D eigenvalue weighted by Crippen LogP contribution is -2.58. The molecule has 0 aliphatic rings. The lowest BCUT2D eigenvalue weighted by atomic mass is 9.99. The van der Waals surface area contributed by atoms with Crippen molar-refractivity contribution in [2.45, 2.75) is 44.8 Å². The average molecular weight is 455 g/mol. The topological polar surface area (TPSA) is 171 Å². The van der Waals surface area contributed by atoms with Crippen molar-refractivity contribution in [1.82, 2.24) is 16.0 Å². The highest BCUT2D eigenvalue weighted by molar-refractivity contribution is 7.80. The normalized spacial score (nSPS) is 14.6. The predicted octanol–water partition coefficient (Wildman–Crippen LogP) is -0.592. The molecule has 4 unspecified atom stereocenters. The van der Waals surface area contributed by atoms with Gasteiger partial charge in [-0.05, 0) is 23.6 Å². The number of thiol groups is 1. The highest BCUT2D eigenvalue weighted by Gasteiger charge is 2.30. The summed E-state index contributed by atoms with van der Waals surface area (Å²) in [5.41, 5.74) is 5.98. The number of carboxylic acid groups (broad SMARTS) is 1. The second-order valence-electron chi connectivity index (χ2n) is 7.15. The van der Waals surface area contributed by atoms with E-state index in [1.54, 1.807) is 26.0 Å². The van der Waals surface area contributed by atoms with E-state index in [0.717, 1.165) is 0 Å². The summed E-state index contributed by atoms with van der Waals surface area (Å²) in [5.74, 6) is -3.42. The number of nitrogens with two attached hydrogens (primary N) is 1. The second-order valence-corrected chi connectivity index (χ2v) is 7.51. The first-order valence-electron chi connectivity index (χ1n) is 9.84. The van der Waals surface area contributed by atoms with E-state index in [9.17, 15) is 29.4 Å². The van der Waals surface area contributed by atoms with E-state index in [0.29, 0.717) is 12.0 Å². The van der Waals surface area contributed by atoms with Gasteiger partial charge in [-0.1, -0.05) is 32.4 Å². The maximum atomic E-state index is 12.8. The number of phenols is 1. The second kappa shape index (κ2) is 12.8. The Hall–Kier alpha value is -2.79. The van der Waals surface area contributed by atoms with E-state index in [-0.39, 0.29) is 30.4 Å². The lowest BCUT2D eigenvalue weighted by molar-refractivity contribution is -0.143. The van der Waals surface area contributed by atoms with Gasteiger partial charge in [0.2, 0.25) is 17.7 Å². The summed E-state index contributed by atoms with van der Waals surface area (Å²) in [6, 6.07) is 2.81. The molecular weight excluding hydrogens is 424 g/mol. The van der Waals surface area contributed by atoms with Crippen LogP contribution < -0.4 is 21.7 Å². The van der Waals surface area contributed by atoms with Crippen LogP contribution in [0.1, 0.15) is 25.8 Å². The average Bonchev–Trinajstić information content (AvgIpc) is 2.75. The quantitative estimate of drug-likeness (QED) is 0.207. The Morgan fingerprint density at radius 1 is 1.03 bits per heavy atom. The van der Waals surface area contributed by atoms with Crippen molar-refractivity contribution in [1.29, 1.82) is 0 Å². The molecule has 4 atom stereocenters. The number of hydrogen-bond acceptors (Lipinski definition) is 7. The monoisotopic (exact) mass is 454 g/mol. The molecule has 172 valence electrons. The largest absolute Gasteiger partial charge is 0.508 e. The molecule has 0 aromatic heterocycles. The van der Waals surface area contributed by atoms with Crippen molar-refractivity contribution < 1.29 is 29.4 Å². The highest BCUT2D eigenvalue weighted by atomic mass is 32.1. The summed E-state index contributed by atoms with van der Waals surface area (Å²) >= 11 is 4.09. The molecule has 31 heavy (non-hydrogen) atoms. The van der Waals surface area contributed by atoms with Crippen molar-refractivity contribution in [2.24, 2.45) is 11.7 Å². The molecule has 10 nitrogen and oxygen atoms in total. The minimum absolute atomic E-state index is 0.0526. The van der Waals surface area contributed by atoms with Crippen LogP contribution in [0.5, 0.6) is 5.75 Å². The molecule has 0 fully saturated rings. The Balaban J connectivity index is 2.93. The fourth-order valence-corrected chi connectivity index (χ4v) is 2.99. The fraction of sp³-hybridized carbons (Fsp3) is 0.500. The molecule has 0 spiro atoms. The molecule has 1 aromatic carbocycles. The van der Waals surface area contributed by atoms with E-state index in [4.69, 9.17) is 5.73 Å². The zero-order valence-corrected chi connectivity index (χ0v) is 18.4. The number of hydrogen-bond donors (Lipinski definition) is 7. The van der Waals surface area contributed by atoms with Crippen molar-refractivity contribution in [3.63, 3.8) is 0 Å². The van der Waals surface area contributed by atoms with Gasteiger partial charge in [-0.15, -0.1) is 0 Å². The van der Waals surface area contributed by atoms with E-state index in [1.165, 1.54) is 12.1 Å². The van der Waals surface area contributed by atoms with Gasteiger partial charge in [0.15, 0.2) is 0 Å². The SMILES string of the molecule is CCC(C)C(NC(=O)C(CS)NC(=O)C(Cc1ccc(O)cc1)NC(=O)CN)C(=O)O. The van der Waals surface area contributed by atoms with Crippen LogP contribution in [-0.2, 0) is 25.6 Å². The van der Waals surface area contributed by atoms with Gasteiger partial charge < -0.3 is 31.9 Å². The summed E-state index contributed by atoms with van der Waals surface area (Å²) in [4.78, 5) is 48.6. The third kappa shape index (κ3) is 8.46. The van der Waals surface area contributed by atoms with E-state index in [2.05, 4.69) is 28.6 Å². The van der Waals surface area contributed by atoms with Crippen LogP contribution >= 0.6 is 12.6 Å². The van der Waals surface area contributed by atoms with Gasteiger partial charge in [0.1, 0.15) is 23.9 Å². The smallest absolute Gasteiger partial charge is 0.326 e. The first-order valence-corrected chi connectivity index (χ1v) is 10.5.